The van der Waals surface area contributed by atoms with Crippen molar-refractivity contribution in [3.63, 3.8) is 0 Å². The molecule has 1 saturated carbocycles. The summed E-state index contributed by atoms with van der Waals surface area (Å²) in [5.41, 5.74) is 7.98. The zero-order valence-electron chi connectivity index (χ0n) is 19.4. The molecule has 3 aliphatic rings. The van der Waals surface area contributed by atoms with Crippen LogP contribution in [0, 0.1) is 23.2 Å². The van der Waals surface area contributed by atoms with Crippen molar-refractivity contribution in [1.29, 1.82) is 0 Å². The number of carbonyl (C=O) groups is 2. The lowest BCUT2D eigenvalue weighted by Gasteiger charge is -2.55. The number of likely N-dealkylation sites (tertiary alicyclic amines) is 1. The number of carbonyl (C=O) groups excluding carboxylic acids is 2. The van der Waals surface area contributed by atoms with Gasteiger partial charge in [0.15, 0.2) is 0 Å². The van der Waals surface area contributed by atoms with Crippen LogP contribution in [0.2, 0.25) is 0 Å². The number of anilines is 1. The predicted octanol–water partition coefficient (Wildman–Crippen LogP) is 4.07. The molecule has 2 heterocycles. The first-order chi connectivity index (χ1) is 14.7. The summed E-state index contributed by atoms with van der Waals surface area (Å²) in [5, 5.41) is 0. The van der Waals surface area contributed by atoms with E-state index in [2.05, 4.69) is 32.6 Å². The molecule has 5 nitrogen and oxygen atoms in total. The molecule has 1 saturated heterocycles. The van der Waals surface area contributed by atoms with Gasteiger partial charge in [-0.1, -0.05) is 52.3 Å². The number of nitrogens with zero attached hydrogens (tertiary/aromatic N) is 2. The van der Waals surface area contributed by atoms with E-state index in [9.17, 15) is 9.59 Å². The third-order valence-electron chi connectivity index (χ3n) is 8.53. The fourth-order valence-electron chi connectivity index (χ4n) is 6.14. The van der Waals surface area contributed by atoms with E-state index in [0.717, 1.165) is 54.9 Å². The van der Waals surface area contributed by atoms with Crippen LogP contribution in [0.15, 0.2) is 30.3 Å². The molecule has 3 atom stereocenters. The van der Waals surface area contributed by atoms with Crippen molar-refractivity contribution in [1.82, 2.24) is 4.90 Å². The first-order valence-corrected chi connectivity index (χ1v) is 11.9. The van der Waals surface area contributed by atoms with Crippen molar-refractivity contribution in [3.8, 4) is 0 Å². The second-order valence-electron chi connectivity index (χ2n) is 10.4. The van der Waals surface area contributed by atoms with Crippen molar-refractivity contribution in [2.75, 3.05) is 24.5 Å². The number of primary amides is 1. The molecule has 0 aromatic heterocycles. The Balaban J connectivity index is 1.42. The number of hydrogen-bond acceptors (Lipinski definition) is 3. The minimum atomic E-state index is -0.575. The van der Waals surface area contributed by atoms with E-state index in [-0.39, 0.29) is 11.9 Å². The summed E-state index contributed by atoms with van der Waals surface area (Å²) < 4.78 is 0. The van der Waals surface area contributed by atoms with Gasteiger partial charge in [-0.15, -0.1) is 0 Å². The molecule has 5 heteroatoms. The van der Waals surface area contributed by atoms with Crippen molar-refractivity contribution in [2.24, 2.45) is 28.9 Å². The van der Waals surface area contributed by atoms with Gasteiger partial charge in [0.1, 0.15) is 0 Å². The topological polar surface area (TPSA) is 66.6 Å². The van der Waals surface area contributed by atoms with E-state index in [4.69, 9.17) is 5.73 Å². The molecule has 1 aromatic rings. The lowest BCUT2D eigenvalue weighted by molar-refractivity contribution is -0.115. The molecule has 0 radical (unpaired) electrons. The Bertz CT molecular complexity index is 882. The van der Waals surface area contributed by atoms with Crippen LogP contribution in [-0.2, 0) is 9.59 Å². The highest BCUT2D eigenvalue weighted by atomic mass is 16.2. The van der Waals surface area contributed by atoms with E-state index < -0.39 is 5.91 Å². The third-order valence-corrected chi connectivity index (χ3v) is 8.53. The number of para-hydroxylation sites is 1. The molecule has 4 rings (SSSR count). The van der Waals surface area contributed by atoms with Crippen molar-refractivity contribution < 1.29 is 9.59 Å². The van der Waals surface area contributed by atoms with Gasteiger partial charge in [-0.25, -0.2) is 0 Å². The minimum Gasteiger partial charge on any atom is -0.366 e. The zero-order valence-corrected chi connectivity index (χ0v) is 19.4. The maximum atomic E-state index is 13.2. The molecule has 2 aliphatic heterocycles. The van der Waals surface area contributed by atoms with Crippen LogP contribution in [0.3, 0.4) is 0 Å². The smallest absolute Gasteiger partial charge is 0.259 e. The highest BCUT2D eigenvalue weighted by molar-refractivity contribution is 6.35. The predicted molar refractivity (Wildman–Crippen MR) is 125 cm³/mol. The summed E-state index contributed by atoms with van der Waals surface area (Å²) in [4.78, 5) is 29.2. The van der Waals surface area contributed by atoms with Crippen LogP contribution in [0.25, 0.3) is 5.57 Å². The number of nitrogens with two attached hydrogens (primary N) is 1. The van der Waals surface area contributed by atoms with Crippen LogP contribution in [0.5, 0.6) is 0 Å². The Morgan fingerprint density at radius 3 is 2.52 bits per heavy atom. The van der Waals surface area contributed by atoms with Crippen LogP contribution < -0.4 is 10.6 Å². The van der Waals surface area contributed by atoms with Gasteiger partial charge < -0.3 is 15.5 Å². The minimum absolute atomic E-state index is 0.0879. The summed E-state index contributed by atoms with van der Waals surface area (Å²) in [5.74, 6) is 1.73. The average Bonchev–Trinajstić information content (AvgIpc) is 3.02. The molecule has 1 aliphatic carbocycles. The molecule has 2 fully saturated rings. The maximum Gasteiger partial charge on any atom is 0.259 e. The third kappa shape index (κ3) is 3.93. The number of hydrogen-bond donors (Lipinski definition) is 1. The van der Waals surface area contributed by atoms with Gasteiger partial charge in [-0.3, -0.25) is 9.59 Å². The molecule has 0 bridgehead atoms. The van der Waals surface area contributed by atoms with Gasteiger partial charge in [-0.05, 0) is 48.5 Å². The Morgan fingerprint density at radius 1 is 1.26 bits per heavy atom. The Labute approximate surface area is 186 Å². The number of piperidine rings is 1. The summed E-state index contributed by atoms with van der Waals surface area (Å²) in [6.07, 6.45) is 5.80. The Hall–Kier alpha value is -2.14. The van der Waals surface area contributed by atoms with Gasteiger partial charge in [0, 0.05) is 37.3 Å². The molecule has 2 N–H and O–H groups in total. The summed E-state index contributed by atoms with van der Waals surface area (Å²) in [6.45, 7) is 12.8. The molecular weight excluding hydrogens is 386 g/mol. The lowest BCUT2D eigenvalue weighted by atomic mass is 9.51. The first kappa shape index (κ1) is 22.1. The van der Waals surface area contributed by atoms with E-state index in [1.54, 1.807) is 0 Å². The second-order valence-corrected chi connectivity index (χ2v) is 10.4. The summed E-state index contributed by atoms with van der Waals surface area (Å²) in [7, 11) is 0. The monoisotopic (exact) mass is 423 g/mol. The maximum absolute atomic E-state index is 13.2. The van der Waals surface area contributed by atoms with Gasteiger partial charge in [-0.2, -0.15) is 0 Å². The fraction of sp³-hybridized carbons (Fsp3) is 0.615. The molecule has 1 aromatic carbocycles. The van der Waals surface area contributed by atoms with Gasteiger partial charge in [0.2, 0.25) is 5.91 Å². The van der Waals surface area contributed by atoms with Gasteiger partial charge in [0.05, 0.1) is 11.3 Å². The highest BCUT2D eigenvalue weighted by Crippen LogP contribution is 2.55. The van der Waals surface area contributed by atoms with Crippen molar-refractivity contribution in [2.45, 2.75) is 59.4 Å². The van der Waals surface area contributed by atoms with E-state index >= 15 is 0 Å². The van der Waals surface area contributed by atoms with Crippen molar-refractivity contribution in [3.05, 3.63) is 35.9 Å². The number of fused-ring (bicyclic) bond motifs is 1. The van der Waals surface area contributed by atoms with Gasteiger partial charge >= 0.3 is 0 Å². The van der Waals surface area contributed by atoms with Crippen LogP contribution in [-0.4, -0.2) is 42.4 Å². The largest absolute Gasteiger partial charge is 0.366 e. The standard InChI is InChI=1S/C26H37N3O2/c1-5-18(22-14-17(2)26(22,3)4)16-28-12-10-19(11-13-28)29-23-9-7-6-8-20(23)21(25(29)31)15-24(27)30/h6-9,15,17-19,22H,5,10-14,16H2,1-4H3,(H2,27,30)/b21-15-. The van der Waals surface area contributed by atoms with Crippen LogP contribution in [0.1, 0.15) is 58.9 Å². The molecule has 2 amide bonds. The van der Waals surface area contributed by atoms with Crippen LogP contribution in [0.4, 0.5) is 5.69 Å². The zero-order chi connectivity index (χ0) is 22.3. The average molecular weight is 424 g/mol. The second kappa shape index (κ2) is 8.42. The number of amides is 2. The molecule has 3 unspecified atom stereocenters. The van der Waals surface area contributed by atoms with Crippen molar-refractivity contribution >= 4 is 23.1 Å². The molecule has 168 valence electrons. The highest BCUT2D eigenvalue weighted by Gasteiger charge is 2.48. The molecular formula is C26H37N3O2. The fourth-order valence-corrected chi connectivity index (χ4v) is 6.14. The number of rotatable bonds is 6. The summed E-state index contributed by atoms with van der Waals surface area (Å²) >= 11 is 0. The lowest BCUT2D eigenvalue weighted by Crippen LogP contribution is -2.51. The number of benzene rings is 1. The van der Waals surface area contributed by atoms with E-state index in [1.165, 1.54) is 25.5 Å². The van der Waals surface area contributed by atoms with E-state index in [1.807, 2.05) is 29.2 Å². The summed E-state index contributed by atoms with van der Waals surface area (Å²) in [6, 6.07) is 7.91. The van der Waals surface area contributed by atoms with Crippen LogP contribution >= 0.6 is 0 Å². The quantitative estimate of drug-likeness (QED) is 0.701. The normalized spacial score (nSPS) is 28.5. The SMILES string of the molecule is CCC(CN1CCC(N2C(=O)/C(=C\C(N)=O)c3ccccc32)CC1)C1CC(C)C1(C)C. The molecule has 31 heavy (non-hydrogen) atoms. The first-order valence-electron chi connectivity index (χ1n) is 11.9. The molecule has 0 spiro atoms. The Kier molecular flexibility index (Phi) is 5.99. The Morgan fingerprint density at radius 2 is 1.94 bits per heavy atom. The van der Waals surface area contributed by atoms with Gasteiger partial charge in [0.25, 0.3) is 5.91 Å². The van der Waals surface area contributed by atoms with E-state index in [0.29, 0.717) is 11.0 Å².